The minimum atomic E-state index is 0.649. The van der Waals surface area contributed by atoms with E-state index in [9.17, 15) is 0 Å². The summed E-state index contributed by atoms with van der Waals surface area (Å²) in [5.74, 6) is 1.40. The second-order valence-corrected chi connectivity index (χ2v) is 6.57. The van der Waals surface area contributed by atoms with Gasteiger partial charge in [-0.25, -0.2) is 4.85 Å². The zero-order valence-electron chi connectivity index (χ0n) is 13.1. The number of benzene rings is 1. The van der Waals surface area contributed by atoms with E-state index in [1.54, 1.807) is 0 Å². The largest absolute Gasteiger partial charge is 0.362 e. The minimum Gasteiger partial charge on any atom is -0.362 e. The fraction of sp³-hybridized carbons (Fsp3) is 0.500. The molecule has 1 aliphatic carbocycles. The van der Waals surface area contributed by atoms with Crippen molar-refractivity contribution in [3.8, 4) is 0 Å². The highest BCUT2D eigenvalue weighted by Gasteiger charge is 2.29. The van der Waals surface area contributed by atoms with Crippen molar-refractivity contribution in [1.82, 2.24) is 9.47 Å². The molecule has 1 heterocycles. The molecule has 21 heavy (non-hydrogen) atoms. The van der Waals surface area contributed by atoms with Crippen molar-refractivity contribution in [1.29, 1.82) is 0 Å². The fourth-order valence-electron chi connectivity index (χ4n) is 3.87. The molecule has 2 aromatic rings. The summed E-state index contributed by atoms with van der Waals surface area (Å²) in [6.45, 7) is 8.52. The van der Waals surface area contributed by atoms with E-state index in [1.807, 2.05) is 13.2 Å². The second-order valence-electron chi connectivity index (χ2n) is 6.57. The number of aromatic nitrogens is 1. The van der Waals surface area contributed by atoms with E-state index in [4.69, 9.17) is 6.57 Å². The van der Waals surface area contributed by atoms with Crippen molar-refractivity contribution >= 4 is 16.6 Å². The number of hydrogen-bond acceptors (Lipinski definition) is 1. The lowest BCUT2D eigenvalue weighted by Crippen LogP contribution is -2.23. The van der Waals surface area contributed by atoms with Crippen LogP contribution in [0.4, 0.5) is 5.69 Å². The predicted molar refractivity (Wildman–Crippen MR) is 87.8 cm³/mol. The molecule has 2 atom stereocenters. The smallest absolute Gasteiger partial charge is 0.212 e. The number of nitrogens with zero attached hydrogens (tertiary/aromatic N) is 3. The van der Waals surface area contributed by atoms with E-state index in [-0.39, 0.29) is 0 Å². The SMILES string of the molecule is [C-]#[N+]c1cn(C)c2ccc([C@H]3CCC[C@@H]3CN(C)C)cc12. The van der Waals surface area contributed by atoms with Crippen LogP contribution in [0.3, 0.4) is 0 Å². The Balaban J connectivity index is 1.99. The highest BCUT2D eigenvalue weighted by Crippen LogP contribution is 2.41. The molecule has 3 nitrogen and oxygen atoms in total. The van der Waals surface area contributed by atoms with Crippen molar-refractivity contribution < 1.29 is 0 Å². The average molecular weight is 281 g/mol. The summed E-state index contributed by atoms with van der Waals surface area (Å²) in [6, 6.07) is 6.72. The van der Waals surface area contributed by atoms with Gasteiger partial charge in [0.25, 0.3) is 0 Å². The Morgan fingerprint density at radius 2 is 2.14 bits per heavy atom. The average Bonchev–Trinajstić information content (AvgIpc) is 3.02. The Labute approximate surface area is 127 Å². The van der Waals surface area contributed by atoms with Crippen LogP contribution in [0.2, 0.25) is 0 Å². The molecule has 0 radical (unpaired) electrons. The van der Waals surface area contributed by atoms with Gasteiger partial charge in [-0.1, -0.05) is 18.6 Å². The fourth-order valence-corrected chi connectivity index (χ4v) is 3.87. The topological polar surface area (TPSA) is 12.5 Å². The number of hydrogen-bond donors (Lipinski definition) is 0. The molecule has 0 N–H and O–H groups in total. The number of aryl methyl sites for hydroxylation is 1. The maximum absolute atomic E-state index is 7.36. The zero-order valence-corrected chi connectivity index (χ0v) is 13.1. The van der Waals surface area contributed by atoms with Crippen LogP contribution in [0.15, 0.2) is 24.4 Å². The maximum Gasteiger partial charge on any atom is 0.212 e. The molecule has 110 valence electrons. The van der Waals surface area contributed by atoms with E-state index < -0.39 is 0 Å². The van der Waals surface area contributed by atoms with Gasteiger partial charge in [0.1, 0.15) is 0 Å². The minimum absolute atomic E-state index is 0.649. The second kappa shape index (κ2) is 5.54. The van der Waals surface area contributed by atoms with Crippen LogP contribution >= 0.6 is 0 Å². The Morgan fingerprint density at radius 3 is 2.86 bits per heavy atom. The normalized spacial score (nSPS) is 22.0. The van der Waals surface area contributed by atoms with Crippen LogP contribution in [0.1, 0.15) is 30.7 Å². The molecule has 0 aliphatic heterocycles. The first-order valence-electron chi connectivity index (χ1n) is 7.71. The van der Waals surface area contributed by atoms with E-state index >= 15 is 0 Å². The quantitative estimate of drug-likeness (QED) is 0.769. The number of rotatable bonds is 3. The molecule has 1 fully saturated rings. The molecule has 1 aromatic carbocycles. The third-order valence-electron chi connectivity index (χ3n) is 4.80. The van der Waals surface area contributed by atoms with E-state index in [2.05, 4.69) is 46.6 Å². The summed E-state index contributed by atoms with van der Waals surface area (Å²) < 4.78 is 2.05. The van der Waals surface area contributed by atoms with Crippen LogP contribution in [0.25, 0.3) is 15.7 Å². The highest BCUT2D eigenvalue weighted by atomic mass is 15.1. The lowest BCUT2D eigenvalue weighted by atomic mass is 9.88. The van der Waals surface area contributed by atoms with E-state index in [1.165, 1.54) is 24.8 Å². The summed E-state index contributed by atoms with van der Waals surface area (Å²) in [5, 5.41) is 1.11. The number of fused-ring (bicyclic) bond motifs is 1. The highest BCUT2D eigenvalue weighted by molar-refractivity contribution is 5.94. The van der Waals surface area contributed by atoms with Gasteiger partial charge in [0, 0.05) is 30.7 Å². The Bertz CT molecular complexity index is 690. The van der Waals surface area contributed by atoms with Gasteiger partial charge >= 0.3 is 0 Å². The van der Waals surface area contributed by atoms with Gasteiger partial charge in [0.15, 0.2) is 0 Å². The van der Waals surface area contributed by atoms with Crippen LogP contribution < -0.4 is 0 Å². The summed E-state index contributed by atoms with van der Waals surface area (Å²) in [6.07, 6.45) is 5.87. The Hall–Kier alpha value is -1.79. The lowest BCUT2D eigenvalue weighted by Gasteiger charge is -2.23. The molecule has 0 bridgehead atoms. The van der Waals surface area contributed by atoms with Gasteiger partial charge in [-0.2, -0.15) is 0 Å². The predicted octanol–water partition coefficient (Wildman–Crippen LogP) is 4.17. The molecule has 3 rings (SSSR count). The van der Waals surface area contributed by atoms with Crippen LogP contribution in [-0.2, 0) is 7.05 Å². The van der Waals surface area contributed by atoms with Crippen molar-refractivity contribution in [2.24, 2.45) is 13.0 Å². The maximum atomic E-state index is 7.36. The third-order valence-corrected chi connectivity index (χ3v) is 4.80. The molecule has 1 aromatic heterocycles. The summed E-state index contributed by atoms with van der Waals surface area (Å²) in [4.78, 5) is 5.98. The molecule has 0 saturated heterocycles. The van der Waals surface area contributed by atoms with Crippen LogP contribution in [0, 0.1) is 12.5 Å². The molecular weight excluding hydrogens is 258 g/mol. The molecule has 0 amide bonds. The van der Waals surface area contributed by atoms with Gasteiger partial charge in [-0.15, -0.1) is 0 Å². The lowest BCUT2D eigenvalue weighted by molar-refractivity contribution is 0.310. The van der Waals surface area contributed by atoms with Crippen LogP contribution in [0.5, 0.6) is 0 Å². The Morgan fingerprint density at radius 1 is 1.33 bits per heavy atom. The summed E-state index contributed by atoms with van der Waals surface area (Å²) >= 11 is 0. The first-order chi connectivity index (χ1) is 10.1. The summed E-state index contributed by atoms with van der Waals surface area (Å²) in [5.41, 5.74) is 3.35. The molecule has 1 aliphatic rings. The molecule has 1 saturated carbocycles. The van der Waals surface area contributed by atoms with Crippen molar-refractivity contribution in [3.63, 3.8) is 0 Å². The van der Waals surface area contributed by atoms with Crippen molar-refractivity contribution in [2.45, 2.75) is 25.2 Å². The van der Waals surface area contributed by atoms with Crippen molar-refractivity contribution in [2.75, 3.05) is 20.6 Å². The third kappa shape index (κ3) is 2.56. The van der Waals surface area contributed by atoms with Gasteiger partial charge in [-0.3, -0.25) is 0 Å². The molecular formula is C18H23N3. The van der Waals surface area contributed by atoms with Gasteiger partial charge < -0.3 is 9.47 Å². The first kappa shape index (κ1) is 14.2. The molecule has 0 unspecified atom stereocenters. The Kier molecular flexibility index (Phi) is 3.73. The van der Waals surface area contributed by atoms with Crippen LogP contribution in [-0.4, -0.2) is 30.1 Å². The van der Waals surface area contributed by atoms with E-state index in [0.717, 1.165) is 29.1 Å². The standard InChI is InChI=1S/C18H23N3/c1-19-17-12-21(4)18-9-8-13(10-16(17)18)15-7-5-6-14(15)11-20(2)3/h8-10,12,14-15H,5-7,11H2,2-4H3/t14-,15-/m1/s1. The van der Waals surface area contributed by atoms with Crippen molar-refractivity contribution in [3.05, 3.63) is 41.4 Å². The van der Waals surface area contributed by atoms with Gasteiger partial charge in [0.05, 0.1) is 6.57 Å². The first-order valence-corrected chi connectivity index (χ1v) is 7.71. The van der Waals surface area contributed by atoms with E-state index in [0.29, 0.717) is 5.92 Å². The van der Waals surface area contributed by atoms with Gasteiger partial charge in [0.2, 0.25) is 5.69 Å². The summed E-state index contributed by atoms with van der Waals surface area (Å²) in [7, 11) is 6.33. The molecule has 3 heteroatoms. The zero-order chi connectivity index (χ0) is 15.0. The molecule has 0 spiro atoms. The monoisotopic (exact) mass is 281 g/mol. The van der Waals surface area contributed by atoms with Gasteiger partial charge in [-0.05, 0) is 50.4 Å².